The third-order valence-electron chi connectivity index (χ3n) is 6.56. The number of benzene rings is 2. The first-order chi connectivity index (χ1) is 18.0. The van der Waals surface area contributed by atoms with E-state index in [0.717, 1.165) is 32.3 Å². The number of anilines is 2. The number of aromatic nitrogens is 3. The Morgan fingerprint density at radius 3 is 2.59 bits per heavy atom. The summed E-state index contributed by atoms with van der Waals surface area (Å²) < 4.78 is 19.5. The zero-order valence-corrected chi connectivity index (χ0v) is 20.4. The van der Waals surface area contributed by atoms with Crippen molar-refractivity contribution < 1.29 is 19.0 Å². The normalized spacial score (nSPS) is 17.5. The highest BCUT2D eigenvalue weighted by Crippen LogP contribution is 2.33. The van der Waals surface area contributed by atoms with Gasteiger partial charge in [-0.2, -0.15) is 0 Å². The first kappa shape index (κ1) is 24.6. The molecule has 1 fully saturated rings. The number of hydrogen-bond donors (Lipinski definition) is 3. The molecule has 0 radical (unpaired) electrons. The van der Waals surface area contributed by atoms with E-state index in [0.29, 0.717) is 45.5 Å². The first-order valence-electron chi connectivity index (χ1n) is 12.4. The average molecular weight is 502 g/mol. The van der Waals surface area contributed by atoms with Crippen molar-refractivity contribution in [2.24, 2.45) is 0 Å². The van der Waals surface area contributed by atoms with Gasteiger partial charge in [0.05, 0.1) is 17.0 Å². The van der Waals surface area contributed by atoms with Crippen molar-refractivity contribution in [3.05, 3.63) is 72.3 Å². The van der Waals surface area contributed by atoms with Gasteiger partial charge in [-0.15, -0.1) is 0 Å². The van der Waals surface area contributed by atoms with Crippen molar-refractivity contribution in [1.29, 1.82) is 0 Å². The summed E-state index contributed by atoms with van der Waals surface area (Å²) in [4.78, 5) is 26.5. The molecule has 4 aromatic rings. The molecule has 5 rings (SSSR count). The number of halogens is 1. The molecule has 0 spiro atoms. The Bertz CT molecular complexity index is 1410. The van der Waals surface area contributed by atoms with Crippen LogP contribution in [0.5, 0.6) is 5.75 Å². The number of phenols is 1. The highest BCUT2D eigenvalue weighted by molar-refractivity contribution is 6.09. The Morgan fingerprint density at radius 1 is 1.08 bits per heavy atom. The zero-order chi connectivity index (χ0) is 25.8. The van der Waals surface area contributed by atoms with Gasteiger partial charge in [0.1, 0.15) is 5.82 Å². The lowest BCUT2D eigenvalue weighted by Crippen LogP contribution is -2.30. The van der Waals surface area contributed by atoms with Gasteiger partial charge in [0.2, 0.25) is 5.95 Å². The van der Waals surface area contributed by atoms with Crippen LogP contribution in [0.3, 0.4) is 0 Å². The van der Waals surface area contributed by atoms with Gasteiger partial charge in [-0.05, 0) is 62.4 Å². The summed E-state index contributed by atoms with van der Waals surface area (Å²) in [5, 5.41) is 16.8. The minimum Gasteiger partial charge on any atom is -0.505 e. The van der Waals surface area contributed by atoms with E-state index in [1.807, 2.05) is 13.0 Å². The van der Waals surface area contributed by atoms with Crippen molar-refractivity contribution in [3.63, 3.8) is 0 Å². The number of fused-ring (bicyclic) bond motifs is 1. The number of hydrogen-bond acceptors (Lipinski definition) is 7. The summed E-state index contributed by atoms with van der Waals surface area (Å²) >= 11 is 0. The van der Waals surface area contributed by atoms with E-state index in [1.165, 1.54) is 12.1 Å². The third-order valence-corrected chi connectivity index (χ3v) is 6.56. The SMILES string of the molecule is CCOC1CCC(Nc2ncc3c(NC(=O)c4ccccc4)ncc(-c4ccc(F)c(O)c4)c3n2)CC1. The van der Waals surface area contributed by atoms with E-state index in [2.05, 4.69) is 20.6 Å². The maximum atomic E-state index is 13.7. The zero-order valence-electron chi connectivity index (χ0n) is 20.4. The average Bonchev–Trinajstić information content (AvgIpc) is 2.92. The molecule has 2 heterocycles. The van der Waals surface area contributed by atoms with Gasteiger partial charge in [-0.1, -0.05) is 24.3 Å². The number of ether oxygens (including phenoxy) is 1. The van der Waals surface area contributed by atoms with Crippen molar-refractivity contribution in [1.82, 2.24) is 15.0 Å². The number of nitrogens with zero attached hydrogens (tertiary/aromatic N) is 3. The highest BCUT2D eigenvalue weighted by atomic mass is 19.1. The van der Waals surface area contributed by atoms with Gasteiger partial charge in [0.25, 0.3) is 5.91 Å². The standard InChI is InChI=1S/C28H28FN5O3/c1-2-37-20-11-9-19(10-12-20)32-28-31-16-22-25(33-28)21(18-8-13-23(29)24(35)14-18)15-30-26(22)34-27(36)17-6-4-3-5-7-17/h3-8,13-16,19-20,35H,2,9-12H2,1H3,(H,30,34,36)(H,31,32,33). The number of carbonyl (C=O) groups excluding carboxylic acids is 1. The van der Waals surface area contributed by atoms with Crippen molar-refractivity contribution >= 4 is 28.6 Å². The second-order valence-corrected chi connectivity index (χ2v) is 9.04. The molecule has 0 bridgehead atoms. The predicted molar refractivity (Wildman–Crippen MR) is 140 cm³/mol. The minimum absolute atomic E-state index is 0.214. The van der Waals surface area contributed by atoms with Crippen molar-refractivity contribution in [2.45, 2.75) is 44.8 Å². The van der Waals surface area contributed by atoms with Gasteiger partial charge >= 0.3 is 0 Å². The summed E-state index contributed by atoms with van der Waals surface area (Å²) in [5.41, 5.74) is 2.13. The van der Waals surface area contributed by atoms with Crippen LogP contribution >= 0.6 is 0 Å². The molecule has 2 aromatic carbocycles. The lowest BCUT2D eigenvalue weighted by molar-refractivity contribution is 0.0346. The topological polar surface area (TPSA) is 109 Å². The fourth-order valence-corrected chi connectivity index (χ4v) is 4.64. The molecule has 1 saturated carbocycles. The van der Waals surface area contributed by atoms with E-state index in [1.54, 1.807) is 42.7 Å². The quantitative estimate of drug-likeness (QED) is 0.305. The molecule has 1 aliphatic carbocycles. The summed E-state index contributed by atoms with van der Waals surface area (Å²) in [6.45, 7) is 2.73. The molecule has 37 heavy (non-hydrogen) atoms. The summed E-state index contributed by atoms with van der Waals surface area (Å²) in [6.07, 6.45) is 7.30. The second-order valence-electron chi connectivity index (χ2n) is 9.04. The van der Waals surface area contributed by atoms with Crippen LogP contribution in [0.15, 0.2) is 60.9 Å². The fourth-order valence-electron chi connectivity index (χ4n) is 4.64. The lowest BCUT2D eigenvalue weighted by Gasteiger charge is -2.28. The monoisotopic (exact) mass is 501 g/mol. The highest BCUT2D eigenvalue weighted by Gasteiger charge is 2.22. The number of pyridine rings is 1. The second kappa shape index (κ2) is 10.9. The number of nitrogens with one attached hydrogen (secondary N) is 2. The van der Waals surface area contributed by atoms with Crippen LogP contribution < -0.4 is 10.6 Å². The van der Waals surface area contributed by atoms with E-state index in [4.69, 9.17) is 9.72 Å². The summed E-state index contributed by atoms with van der Waals surface area (Å²) in [6, 6.07) is 13.1. The molecule has 9 heteroatoms. The summed E-state index contributed by atoms with van der Waals surface area (Å²) in [5.74, 6) is -0.734. The van der Waals surface area contributed by atoms with Gasteiger partial charge in [0, 0.05) is 36.2 Å². The van der Waals surface area contributed by atoms with Crippen molar-refractivity contribution in [3.8, 4) is 16.9 Å². The van der Waals surface area contributed by atoms with Crippen LogP contribution in [-0.2, 0) is 4.74 Å². The van der Waals surface area contributed by atoms with E-state index >= 15 is 0 Å². The molecule has 8 nitrogen and oxygen atoms in total. The Labute approximate surface area is 213 Å². The molecule has 0 saturated heterocycles. The van der Waals surface area contributed by atoms with Gasteiger partial charge in [-0.3, -0.25) is 4.79 Å². The fraction of sp³-hybridized carbons (Fsp3) is 0.286. The Kier molecular flexibility index (Phi) is 7.23. The molecule has 1 aliphatic rings. The van der Waals surface area contributed by atoms with Crippen LogP contribution in [0, 0.1) is 5.82 Å². The summed E-state index contributed by atoms with van der Waals surface area (Å²) in [7, 11) is 0. The number of amides is 1. The van der Waals surface area contributed by atoms with Gasteiger partial charge in [0.15, 0.2) is 11.6 Å². The molecular weight excluding hydrogens is 473 g/mol. The third kappa shape index (κ3) is 5.51. The Morgan fingerprint density at radius 2 is 1.86 bits per heavy atom. The minimum atomic E-state index is -0.715. The molecule has 0 aliphatic heterocycles. The maximum Gasteiger partial charge on any atom is 0.256 e. The molecule has 2 aromatic heterocycles. The van der Waals surface area contributed by atoms with Crippen LogP contribution in [0.2, 0.25) is 0 Å². The van der Waals surface area contributed by atoms with Crippen LogP contribution in [0.1, 0.15) is 43.0 Å². The van der Waals surface area contributed by atoms with E-state index < -0.39 is 11.6 Å². The molecule has 1 amide bonds. The van der Waals surface area contributed by atoms with E-state index in [-0.39, 0.29) is 11.9 Å². The first-order valence-corrected chi connectivity index (χ1v) is 12.4. The Balaban J connectivity index is 1.49. The number of carbonyl (C=O) groups is 1. The Hall–Kier alpha value is -4.11. The lowest BCUT2D eigenvalue weighted by atomic mass is 9.93. The largest absolute Gasteiger partial charge is 0.505 e. The number of rotatable bonds is 7. The van der Waals surface area contributed by atoms with Crippen LogP contribution in [-0.4, -0.2) is 44.7 Å². The van der Waals surface area contributed by atoms with Gasteiger partial charge < -0.3 is 20.5 Å². The van der Waals surface area contributed by atoms with E-state index in [9.17, 15) is 14.3 Å². The number of phenolic OH excluding ortho intramolecular Hbond substituents is 1. The predicted octanol–water partition coefficient (Wildman–Crippen LogP) is 5.55. The van der Waals surface area contributed by atoms with Crippen LogP contribution in [0.4, 0.5) is 16.2 Å². The van der Waals surface area contributed by atoms with Crippen LogP contribution in [0.25, 0.3) is 22.0 Å². The molecule has 0 atom stereocenters. The molecular formula is C28H28FN5O3. The molecule has 190 valence electrons. The van der Waals surface area contributed by atoms with Gasteiger partial charge in [-0.25, -0.2) is 19.3 Å². The smallest absolute Gasteiger partial charge is 0.256 e. The van der Waals surface area contributed by atoms with Crippen molar-refractivity contribution in [2.75, 3.05) is 17.2 Å². The maximum absolute atomic E-state index is 13.7. The molecule has 3 N–H and O–H groups in total. The molecule has 0 unspecified atom stereocenters. The number of aromatic hydroxyl groups is 1.